The fourth-order valence-corrected chi connectivity index (χ4v) is 1.32. The molecule has 0 aromatic carbocycles. The van der Waals surface area contributed by atoms with Crippen LogP contribution in [0.4, 0.5) is 0 Å². The Hall–Kier alpha value is -0.940. The predicted octanol–water partition coefficient (Wildman–Crippen LogP) is 2.01. The molecule has 0 aliphatic heterocycles. The first-order valence-electron chi connectivity index (χ1n) is 6.19. The van der Waals surface area contributed by atoms with E-state index in [1.807, 2.05) is 20.8 Å². The Morgan fingerprint density at radius 3 is 2.76 bits per heavy atom. The molecule has 0 spiro atoms. The van der Waals surface area contributed by atoms with Crippen LogP contribution in [0.2, 0.25) is 0 Å². The summed E-state index contributed by atoms with van der Waals surface area (Å²) in [5.74, 6) is 1.17. The number of hydrogen-bond acceptors (Lipinski definition) is 5. The van der Waals surface area contributed by atoms with Crippen LogP contribution in [0.15, 0.2) is 4.52 Å². The average molecular weight is 241 g/mol. The summed E-state index contributed by atoms with van der Waals surface area (Å²) in [5.41, 5.74) is 5.42. The van der Waals surface area contributed by atoms with Gasteiger partial charge in [-0.25, -0.2) is 0 Å². The molecule has 0 amide bonds. The summed E-state index contributed by atoms with van der Waals surface area (Å²) in [6.45, 7) is 8.31. The zero-order chi connectivity index (χ0) is 12.9. The second kappa shape index (κ2) is 6.12. The molecule has 1 unspecified atom stereocenters. The quantitative estimate of drug-likeness (QED) is 0.790. The van der Waals surface area contributed by atoms with Crippen molar-refractivity contribution in [1.82, 2.24) is 10.1 Å². The smallest absolute Gasteiger partial charge is 0.226 e. The second-order valence-corrected chi connectivity index (χ2v) is 4.89. The van der Waals surface area contributed by atoms with Gasteiger partial charge in [0.2, 0.25) is 5.89 Å². The first-order valence-corrected chi connectivity index (χ1v) is 6.19. The van der Waals surface area contributed by atoms with Crippen molar-refractivity contribution in [1.29, 1.82) is 0 Å². The number of ether oxygens (including phenoxy) is 1. The zero-order valence-electron chi connectivity index (χ0n) is 11.2. The third-order valence-corrected chi connectivity index (χ3v) is 2.44. The molecule has 98 valence electrons. The number of hydrogen-bond donors (Lipinski definition) is 1. The highest BCUT2D eigenvalue weighted by Gasteiger charge is 2.28. The number of unbranched alkanes of at least 4 members (excludes halogenated alkanes) is 1. The Morgan fingerprint density at radius 1 is 1.47 bits per heavy atom. The maximum absolute atomic E-state index is 6.12. The molecule has 0 saturated carbocycles. The van der Waals surface area contributed by atoms with Crippen molar-refractivity contribution in [3.05, 3.63) is 11.7 Å². The van der Waals surface area contributed by atoms with Crippen molar-refractivity contribution in [2.24, 2.45) is 5.73 Å². The van der Waals surface area contributed by atoms with E-state index in [4.69, 9.17) is 15.0 Å². The maximum atomic E-state index is 6.12. The number of aryl methyl sites for hydroxylation is 1. The van der Waals surface area contributed by atoms with E-state index in [1.54, 1.807) is 0 Å². The van der Waals surface area contributed by atoms with Gasteiger partial charge in [0.1, 0.15) is 5.54 Å². The van der Waals surface area contributed by atoms with Crippen molar-refractivity contribution in [3.63, 3.8) is 0 Å². The van der Waals surface area contributed by atoms with Crippen LogP contribution >= 0.6 is 0 Å². The van der Waals surface area contributed by atoms with E-state index < -0.39 is 5.54 Å². The van der Waals surface area contributed by atoms with Crippen molar-refractivity contribution in [3.8, 4) is 0 Å². The van der Waals surface area contributed by atoms with E-state index in [9.17, 15) is 0 Å². The van der Waals surface area contributed by atoms with Crippen LogP contribution < -0.4 is 5.73 Å². The van der Waals surface area contributed by atoms with Gasteiger partial charge < -0.3 is 15.0 Å². The second-order valence-electron chi connectivity index (χ2n) is 4.89. The lowest BCUT2D eigenvalue weighted by atomic mass is 10.1. The highest BCUT2D eigenvalue weighted by atomic mass is 16.5. The van der Waals surface area contributed by atoms with Gasteiger partial charge in [-0.15, -0.1) is 0 Å². The minimum absolute atomic E-state index is 0.143. The fraction of sp³-hybridized carbons (Fsp3) is 0.833. The van der Waals surface area contributed by atoms with Gasteiger partial charge >= 0.3 is 0 Å². The van der Waals surface area contributed by atoms with Crippen LogP contribution in [0, 0.1) is 0 Å². The Bertz CT molecular complexity index is 334. The van der Waals surface area contributed by atoms with Gasteiger partial charge in [0.05, 0.1) is 12.7 Å². The molecule has 1 atom stereocenters. The molecular formula is C12H23N3O2. The highest BCUT2D eigenvalue weighted by Crippen LogP contribution is 2.16. The summed E-state index contributed by atoms with van der Waals surface area (Å²) in [5, 5.41) is 3.93. The number of nitrogens with two attached hydrogens (primary N) is 1. The van der Waals surface area contributed by atoms with E-state index in [0.717, 1.165) is 19.3 Å². The predicted molar refractivity (Wildman–Crippen MR) is 65.5 cm³/mol. The standard InChI is InChI=1S/C12H23N3O2/c1-5-6-7-10-14-11(15-17-10)12(4,13)8-16-9(2)3/h9H,5-8,13H2,1-4H3. The summed E-state index contributed by atoms with van der Waals surface area (Å²) < 4.78 is 10.7. The summed E-state index contributed by atoms with van der Waals surface area (Å²) in [6.07, 6.45) is 3.11. The molecule has 0 fully saturated rings. The molecule has 1 aromatic heterocycles. The van der Waals surface area contributed by atoms with Crippen molar-refractivity contribution in [2.45, 2.75) is 58.6 Å². The van der Waals surface area contributed by atoms with Gasteiger partial charge in [0, 0.05) is 6.42 Å². The van der Waals surface area contributed by atoms with Crippen LogP contribution in [0.25, 0.3) is 0 Å². The minimum atomic E-state index is -0.696. The molecule has 0 saturated heterocycles. The number of rotatable bonds is 7. The van der Waals surface area contributed by atoms with E-state index in [1.165, 1.54) is 0 Å². The minimum Gasteiger partial charge on any atom is -0.376 e. The third kappa shape index (κ3) is 4.44. The molecule has 1 rings (SSSR count). The first-order chi connectivity index (χ1) is 7.95. The van der Waals surface area contributed by atoms with Crippen molar-refractivity contribution < 1.29 is 9.26 Å². The van der Waals surface area contributed by atoms with Crippen molar-refractivity contribution >= 4 is 0 Å². The highest BCUT2D eigenvalue weighted by molar-refractivity contribution is 5.01. The van der Waals surface area contributed by atoms with Crippen molar-refractivity contribution in [2.75, 3.05) is 6.61 Å². The van der Waals surface area contributed by atoms with E-state index in [-0.39, 0.29) is 6.10 Å². The van der Waals surface area contributed by atoms with Gasteiger partial charge in [-0.05, 0) is 27.2 Å². The molecule has 5 heteroatoms. The Kier molecular flexibility index (Phi) is 5.08. The Morgan fingerprint density at radius 2 is 2.18 bits per heavy atom. The van der Waals surface area contributed by atoms with Gasteiger partial charge in [-0.1, -0.05) is 18.5 Å². The molecule has 0 radical (unpaired) electrons. The van der Waals surface area contributed by atoms with E-state index in [0.29, 0.717) is 18.3 Å². The molecule has 1 aromatic rings. The van der Waals surface area contributed by atoms with E-state index in [2.05, 4.69) is 17.1 Å². The summed E-state index contributed by atoms with van der Waals surface area (Å²) >= 11 is 0. The van der Waals surface area contributed by atoms with Gasteiger partial charge in [-0.3, -0.25) is 0 Å². The first kappa shape index (κ1) is 14.1. The largest absolute Gasteiger partial charge is 0.376 e. The molecule has 17 heavy (non-hydrogen) atoms. The topological polar surface area (TPSA) is 74.2 Å². The monoisotopic (exact) mass is 241 g/mol. The normalized spacial score (nSPS) is 15.2. The molecule has 0 aliphatic carbocycles. The van der Waals surface area contributed by atoms with Gasteiger partial charge in [0.25, 0.3) is 0 Å². The Balaban J connectivity index is 2.60. The Labute approximate surface area is 103 Å². The lowest BCUT2D eigenvalue weighted by molar-refractivity contribution is 0.0410. The van der Waals surface area contributed by atoms with Crippen LogP contribution in [-0.4, -0.2) is 22.9 Å². The lowest BCUT2D eigenvalue weighted by Gasteiger charge is -2.21. The summed E-state index contributed by atoms with van der Waals surface area (Å²) in [7, 11) is 0. The van der Waals surface area contributed by atoms with Crippen LogP contribution in [0.5, 0.6) is 0 Å². The molecule has 2 N–H and O–H groups in total. The third-order valence-electron chi connectivity index (χ3n) is 2.44. The molecule has 5 nitrogen and oxygen atoms in total. The maximum Gasteiger partial charge on any atom is 0.226 e. The number of aromatic nitrogens is 2. The molecule has 0 bridgehead atoms. The summed E-state index contributed by atoms with van der Waals surface area (Å²) in [4.78, 5) is 4.31. The summed E-state index contributed by atoms with van der Waals surface area (Å²) in [6, 6.07) is 0. The lowest BCUT2D eigenvalue weighted by Crippen LogP contribution is -2.40. The SMILES string of the molecule is CCCCc1nc(C(C)(N)COC(C)C)no1. The number of nitrogens with zero attached hydrogens (tertiary/aromatic N) is 2. The zero-order valence-corrected chi connectivity index (χ0v) is 11.2. The van der Waals surface area contributed by atoms with Crippen LogP contribution in [-0.2, 0) is 16.7 Å². The van der Waals surface area contributed by atoms with Crippen LogP contribution in [0.1, 0.15) is 52.3 Å². The fourth-order valence-electron chi connectivity index (χ4n) is 1.32. The average Bonchev–Trinajstić information content (AvgIpc) is 2.73. The van der Waals surface area contributed by atoms with E-state index >= 15 is 0 Å². The van der Waals surface area contributed by atoms with Gasteiger partial charge in [-0.2, -0.15) is 4.98 Å². The van der Waals surface area contributed by atoms with Crippen LogP contribution in [0.3, 0.4) is 0 Å². The molecular weight excluding hydrogens is 218 g/mol. The molecule has 1 heterocycles. The van der Waals surface area contributed by atoms with Gasteiger partial charge in [0.15, 0.2) is 5.82 Å². The molecule has 0 aliphatic rings.